The Labute approximate surface area is 104 Å². The van der Waals surface area contributed by atoms with Gasteiger partial charge in [-0.2, -0.15) is 0 Å². The van der Waals surface area contributed by atoms with Crippen LogP contribution in [0.3, 0.4) is 0 Å². The van der Waals surface area contributed by atoms with Gasteiger partial charge in [-0.25, -0.2) is 4.39 Å². The Morgan fingerprint density at radius 3 is 2.19 bits per heavy atom. The van der Waals surface area contributed by atoms with Crippen LogP contribution in [0.2, 0.25) is 10.0 Å². The highest BCUT2D eigenvalue weighted by Crippen LogP contribution is 2.26. The Balaban J connectivity index is 2.34. The number of hydrogen-bond donors (Lipinski definition) is 0. The van der Waals surface area contributed by atoms with Crippen molar-refractivity contribution in [2.75, 3.05) is 0 Å². The Kier molecular flexibility index (Phi) is 3.47. The van der Waals surface area contributed by atoms with Crippen molar-refractivity contribution < 1.29 is 4.39 Å². The largest absolute Gasteiger partial charge is 0.207 e. The molecule has 0 N–H and O–H groups in total. The third kappa shape index (κ3) is 2.55. The fourth-order valence-electron chi connectivity index (χ4n) is 1.55. The van der Waals surface area contributed by atoms with Crippen molar-refractivity contribution >= 4 is 23.2 Å². The lowest BCUT2D eigenvalue weighted by Crippen LogP contribution is -1.91. The number of benzene rings is 2. The molecule has 16 heavy (non-hydrogen) atoms. The highest BCUT2D eigenvalue weighted by molar-refractivity contribution is 6.36. The Bertz CT molecular complexity index is 489. The normalized spacial score (nSPS) is 10.4. The first-order valence-electron chi connectivity index (χ1n) is 4.84. The van der Waals surface area contributed by atoms with Gasteiger partial charge in [0.2, 0.25) is 0 Å². The molecule has 0 saturated heterocycles. The minimum absolute atomic E-state index is 0.249. The van der Waals surface area contributed by atoms with E-state index in [4.69, 9.17) is 23.2 Å². The summed E-state index contributed by atoms with van der Waals surface area (Å²) in [7, 11) is 0. The molecule has 0 heterocycles. The Morgan fingerprint density at radius 1 is 0.938 bits per heavy atom. The molecule has 0 aromatic heterocycles. The van der Waals surface area contributed by atoms with Crippen molar-refractivity contribution in [1.82, 2.24) is 0 Å². The van der Waals surface area contributed by atoms with Crippen LogP contribution in [0.5, 0.6) is 0 Å². The molecule has 0 unspecified atom stereocenters. The summed E-state index contributed by atoms with van der Waals surface area (Å²) in [6, 6.07) is 11.8. The van der Waals surface area contributed by atoms with Crippen LogP contribution in [0.25, 0.3) is 0 Å². The molecule has 0 aliphatic rings. The minimum Gasteiger partial charge on any atom is -0.207 e. The summed E-state index contributed by atoms with van der Waals surface area (Å²) in [5.41, 5.74) is 1.69. The van der Waals surface area contributed by atoms with Gasteiger partial charge in [0.1, 0.15) is 5.82 Å². The second kappa shape index (κ2) is 4.86. The Hall–Kier alpha value is -1.05. The molecule has 0 spiro atoms. The summed E-state index contributed by atoms with van der Waals surface area (Å²) in [5, 5.41) is 1.22. The fourth-order valence-corrected chi connectivity index (χ4v) is 2.08. The van der Waals surface area contributed by atoms with E-state index < -0.39 is 0 Å². The van der Waals surface area contributed by atoms with Gasteiger partial charge in [0.25, 0.3) is 0 Å². The van der Waals surface area contributed by atoms with Crippen molar-refractivity contribution in [3.8, 4) is 0 Å². The molecule has 0 aliphatic carbocycles. The summed E-state index contributed by atoms with van der Waals surface area (Å²) in [6.45, 7) is 0. The van der Waals surface area contributed by atoms with Crippen molar-refractivity contribution in [2.24, 2.45) is 0 Å². The zero-order valence-electron chi connectivity index (χ0n) is 8.38. The zero-order chi connectivity index (χ0) is 11.5. The maximum Gasteiger partial charge on any atom is 0.123 e. The van der Waals surface area contributed by atoms with Gasteiger partial charge < -0.3 is 0 Å². The number of rotatable bonds is 2. The number of hydrogen-bond acceptors (Lipinski definition) is 0. The molecule has 0 amide bonds. The Morgan fingerprint density at radius 2 is 1.56 bits per heavy atom. The van der Waals surface area contributed by atoms with Gasteiger partial charge in [-0.15, -0.1) is 0 Å². The van der Waals surface area contributed by atoms with E-state index in [-0.39, 0.29) is 5.82 Å². The van der Waals surface area contributed by atoms with E-state index in [2.05, 4.69) is 0 Å². The highest BCUT2D eigenvalue weighted by Gasteiger charge is 2.06. The first-order chi connectivity index (χ1) is 7.66. The summed E-state index contributed by atoms with van der Waals surface area (Å²) in [5.74, 6) is -0.249. The lowest BCUT2D eigenvalue weighted by molar-refractivity contribution is 0.626. The van der Waals surface area contributed by atoms with Gasteiger partial charge in [0, 0.05) is 16.5 Å². The number of halogens is 3. The summed E-state index contributed by atoms with van der Waals surface area (Å²) < 4.78 is 13.0. The third-order valence-corrected chi connectivity index (χ3v) is 3.04. The molecular weight excluding hydrogens is 246 g/mol. The van der Waals surface area contributed by atoms with E-state index >= 15 is 0 Å². The van der Waals surface area contributed by atoms with Crippen molar-refractivity contribution in [2.45, 2.75) is 6.42 Å². The van der Waals surface area contributed by atoms with Crippen molar-refractivity contribution in [3.05, 3.63) is 69.5 Å². The molecule has 2 aromatic rings. The van der Waals surface area contributed by atoms with Crippen LogP contribution < -0.4 is 0 Å². The van der Waals surface area contributed by atoms with Crippen LogP contribution in [-0.2, 0) is 6.42 Å². The van der Waals surface area contributed by atoms with Crippen LogP contribution in [0.15, 0.2) is 42.5 Å². The van der Waals surface area contributed by atoms with Crippen LogP contribution in [-0.4, -0.2) is 0 Å². The molecule has 0 aliphatic heterocycles. The molecule has 3 heteroatoms. The standard InChI is InChI=1S/C13H9Cl2F/c14-12-5-2-6-13(15)11(12)8-9-3-1-4-10(16)7-9/h1-7H,8H2. The smallest absolute Gasteiger partial charge is 0.123 e. The van der Waals surface area contributed by atoms with E-state index in [1.807, 2.05) is 6.07 Å². The van der Waals surface area contributed by atoms with Crippen LogP contribution in [0.4, 0.5) is 4.39 Å². The first-order valence-corrected chi connectivity index (χ1v) is 5.60. The zero-order valence-corrected chi connectivity index (χ0v) is 9.89. The monoisotopic (exact) mass is 254 g/mol. The van der Waals surface area contributed by atoms with Gasteiger partial charge in [-0.05, 0) is 35.4 Å². The summed E-state index contributed by atoms with van der Waals surface area (Å²) in [4.78, 5) is 0. The SMILES string of the molecule is Fc1cccc(Cc2c(Cl)cccc2Cl)c1. The highest BCUT2D eigenvalue weighted by atomic mass is 35.5. The fraction of sp³-hybridized carbons (Fsp3) is 0.0769. The molecule has 82 valence electrons. The van der Waals surface area contributed by atoms with E-state index in [0.717, 1.165) is 11.1 Å². The lowest BCUT2D eigenvalue weighted by atomic mass is 10.0. The van der Waals surface area contributed by atoms with E-state index in [1.165, 1.54) is 12.1 Å². The van der Waals surface area contributed by atoms with E-state index in [9.17, 15) is 4.39 Å². The first kappa shape index (κ1) is 11.4. The van der Waals surface area contributed by atoms with Gasteiger partial charge in [0.15, 0.2) is 0 Å². The molecule has 2 rings (SSSR count). The second-order valence-electron chi connectivity index (χ2n) is 3.51. The molecule has 0 nitrogen and oxygen atoms in total. The molecule has 2 aromatic carbocycles. The van der Waals surface area contributed by atoms with Gasteiger partial charge in [-0.1, -0.05) is 41.4 Å². The van der Waals surface area contributed by atoms with Gasteiger partial charge in [-0.3, -0.25) is 0 Å². The molecule has 0 saturated carbocycles. The van der Waals surface area contributed by atoms with Gasteiger partial charge >= 0.3 is 0 Å². The maximum atomic E-state index is 13.0. The maximum absolute atomic E-state index is 13.0. The predicted octanol–water partition coefficient (Wildman–Crippen LogP) is 4.72. The van der Waals surface area contributed by atoms with Crippen LogP contribution in [0, 0.1) is 5.82 Å². The molecule has 0 radical (unpaired) electrons. The average Bonchev–Trinajstić information content (AvgIpc) is 2.24. The lowest BCUT2D eigenvalue weighted by Gasteiger charge is -2.06. The average molecular weight is 255 g/mol. The third-order valence-electron chi connectivity index (χ3n) is 2.33. The van der Waals surface area contributed by atoms with E-state index in [1.54, 1.807) is 24.3 Å². The predicted molar refractivity (Wildman–Crippen MR) is 65.7 cm³/mol. The molecular formula is C13H9Cl2F. The molecule has 0 fully saturated rings. The van der Waals surface area contributed by atoms with Crippen molar-refractivity contribution in [3.63, 3.8) is 0 Å². The van der Waals surface area contributed by atoms with Crippen LogP contribution >= 0.6 is 23.2 Å². The van der Waals surface area contributed by atoms with Gasteiger partial charge in [0.05, 0.1) is 0 Å². The van der Waals surface area contributed by atoms with E-state index in [0.29, 0.717) is 16.5 Å². The molecule has 0 bridgehead atoms. The quantitative estimate of drug-likeness (QED) is 0.728. The summed E-state index contributed by atoms with van der Waals surface area (Å²) in [6.07, 6.45) is 0.538. The van der Waals surface area contributed by atoms with Crippen molar-refractivity contribution in [1.29, 1.82) is 0 Å². The van der Waals surface area contributed by atoms with Crippen LogP contribution in [0.1, 0.15) is 11.1 Å². The topological polar surface area (TPSA) is 0 Å². The minimum atomic E-state index is -0.249. The second-order valence-corrected chi connectivity index (χ2v) is 4.32. The summed E-state index contributed by atoms with van der Waals surface area (Å²) >= 11 is 12.1. The molecule has 0 atom stereocenters.